The molecule has 1 unspecified atom stereocenters. The lowest BCUT2D eigenvalue weighted by molar-refractivity contribution is -0.128. The van der Waals surface area contributed by atoms with Crippen LogP contribution in [0.2, 0.25) is 0 Å². The number of esters is 1. The monoisotopic (exact) mass is 332 g/mol. The van der Waals surface area contributed by atoms with Crippen LogP contribution in [0.15, 0.2) is 21.2 Å². The summed E-state index contributed by atoms with van der Waals surface area (Å²) in [6, 6.07) is 2.28. The average Bonchev–Trinajstić information content (AvgIpc) is 2.76. The molecule has 1 aromatic rings. The Bertz CT molecular complexity index is 485. The van der Waals surface area contributed by atoms with Gasteiger partial charge in [0.1, 0.15) is 0 Å². The standard InChI is InChI=1S/C11H13BrN2O5/c1-3-13-11(17)14-9(15)6(2)18-10(16)7-4-5-8(12)19-7/h4-6H,3H2,1-2H3,(H2,13,14,15,17). The number of carbonyl (C=O) groups excluding carboxylic acids is 3. The van der Waals surface area contributed by atoms with E-state index in [2.05, 4.69) is 21.2 Å². The molecule has 1 atom stereocenters. The normalized spacial score (nSPS) is 11.5. The molecule has 0 spiro atoms. The van der Waals surface area contributed by atoms with E-state index in [4.69, 9.17) is 9.15 Å². The summed E-state index contributed by atoms with van der Waals surface area (Å²) in [6.45, 7) is 3.44. The van der Waals surface area contributed by atoms with Gasteiger partial charge in [-0.05, 0) is 41.9 Å². The Morgan fingerprint density at radius 3 is 2.63 bits per heavy atom. The van der Waals surface area contributed by atoms with Crippen LogP contribution in [0.1, 0.15) is 24.4 Å². The summed E-state index contributed by atoms with van der Waals surface area (Å²) in [5.74, 6) is -1.54. The number of hydrogen-bond acceptors (Lipinski definition) is 5. The van der Waals surface area contributed by atoms with Crippen molar-refractivity contribution in [1.29, 1.82) is 0 Å². The van der Waals surface area contributed by atoms with E-state index in [0.717, 1.165) is 0 Å². The molecular weight excluding hydrogens is 320 g/mol. The molecule has 2 N–H and O–H groups in total. The van der Waals surface area contributed by atoms with Crippen LogP contribution in [0.4, 0.5) is 4.79 Å². The summed E-state index contributed by atoms with van der Waals surface area (Å²) < 4.78 is 10.2. The molecule has 19 heavy (non-hydrogen) atoms. The lowest BCUT2D eigenvalue weighted by Gasteiger charge is -2.11. The fraction of sp³-hybridized carbons (Fsp3) is 0.364. The van der Waals surface area contributed by atoms with Gasteiger partial charge in [-0.1, -0.05) is 0 Å². The Labute approximate surface area is 117 Å². The molecule has 0 saturated heterocycles. The minimum atomic E-state index is -1.11. The fourth-order valence-electron chi connectivity index (χ4n) is 1.11. The maximum absolute atomic E-state index is 11.6. The van der Waals surface area contributed by atoms with Crippen molar-refractivity contribution in [3.8, 4) is 0 Å². The van der Waals surface area contributed by atoms with Gasteiger partial charge < -0.3 is 14.5 Å². The molecule has 1 heterocycles. The van der Waals surface area contributed by atoms with Gasteiger partial charge in [-0.3, -0.25) is 10.1 Å². The lowest BCUT2D eigenvalue weighted by atomic mass is 10.3. The predicted molar refractivity (Wildman–Crippen MR) is 68.5 cm³/mol. The van der Waals surface area contributed by atoms with Gasteiger partial charge in [0, 0.05) is 6.54 Å². The number of imide groups is 1. The van der Waals surface area contributed by atoms with Crippen molar-refractivity contribution in [3.05, 3.63) is 22.6 Å². The van der Waals surface area contributed by atoms with Crippen molar-refractivity contribution >= 4 is 33.8 Å². The number of nitrogens with one attached hydrogen (secondary N) is 2. The quantitative estimate of drug-likeness (QED) is 0.813. The summed E-state index contributed by atoms with van der Waals surface area (Å²) in [4.78, 5) is 34.2. The van der Waals surface area contributed by atoms with Gasteiger partial charge in [-0.15, -0.1) is 0 Å². The van der Waals surface area contributed by atoms with E-state index in [1.165, 1.54) is 19.1 Å². The van der Waals surface area contributed by atoms with Crippen LogP contribution in [-0.2, 0) is 9.53 Å². The zero-order valence-corrected chi connectivity index (χ0v) is 11.9. The van der Waals surface area contributed by atoms with Gasteiger partial charge >= 0.3 is 12.0 Å². The number of amides is 3. The molecular formula is C11H13BrN2O5. The van der Waals surface area contributed by atoms with E-state index in [0.29, 0.717) is 11.2 Å². The van der Waals surface area contributed by atoms with Crippen molar-refractivity contribution in [1.82, 2.24) is 10.6 Å². The predicted octanol–water partition coefficient (Wildman–Crippen LogP) is 1.43. The van der Waals surface area contributed by atoms with Gasteiger partial charge in [0.2, 0.25) is 5.76 Å². The molecule has 0 saturated carbocycles. The molecule has 7 nitrogen and oxygen atoms in total. The number of urea groups is 1. The molecule has 0 fully saturated rings. The van der Waals surface area contributed by atoms with Crippen LogP contribution in [0.5, 0.6) is 0 Å². The van der Waals surface area contributed by atoms with Gasteiger partial charge in [0.15, 0.2) is 10.8 Å². The van der Waals surface area contributed by atoms with Gasteiger partial charge in [-0.25, -0.2) is 9.59 Å². The van der Waals surface area contributed by atoms with Crippen molar-refractivity contribution < 1.29 is 23.5 Å². The summed E-state index contributed by atoms with van der Waals surface area (Å²) in [6.07, 6.45) is -1.11. The topological polar surface area (TPSA) is 97.6 Å². The Morgan fingerprint density at radius 2 is 2.11 bits per heavy atom. The molecule has 104 valence electrons. The van der Waals surface area contributed by atoms with Crippen LogP contribution in [-0.4, -0.2) is 30.6 Å². The van der Waals surface area contributed by atoms with E-state index in [-0.39, 0.29) is 5.76 Å². The van der Waals surface area contributed by atoms with Crippen molar-refractivity contribution in [3.63, 3.8) is 0 Å². The van der Waals surface area contributed by atoms with Crippen LogP contribution < -0.4 is 10.6 Å². The van der Waals surface area contributed by atoms with E-state index < -0.39 is 24.0 Å². The van der Waals surface area contributed by atoms with Crippen LogP contribution in [0.25, 0.3) is 0 Å². The largest absolute Gasteiger partial charge is 0.447 e. The maximum atomic E-state index is 11.6. The Morgan fingerprint density at radius 1 is 1.42 bits per heavy atom. The SMILES string of the molecule is CCNC(=O)NC(=O)C(C)OC(=O)c1ccc(Br)o1. The molecule has 1 rings (SSSR count). The Balaban J connectivity index is 2.50. The highest BCUT2D eigenvalue weighted by molar-refractivity contribution is 9.10. The lowest BCUT2D eigenvalue weighted by Crippen LogP contribution is -2.44. The third-order valence-electron chi connectivity index (χ3n) is 2.00. The summed E-state index contributed by atoms with van der Waals surface area (Å²) >= 11 is 3.04. The van der Waals surface area contributed by atoms with E-state index >= 15 is 0 Å². The minimum absolute atomic E-state index is 0.0375. The second-order valence-electron chi connectivity index (χ2n) is 3.50. The highest BCUT2D eigenvalue weighted by Crippen LogP contribution is 2.15. The first kappa shape index (κ1) is 15.2. The van der Waals surface area contributed by atoms with Gasteiger partial charge in [0.05, 0.1) is 0 Å². The second-order valence-corrected chi connectivity index (χ2v) is 4.28. The number of halogens is 1. The Hall–Kier alpha value is -1.83. The van der Waals surface area contributed by atoms with E-state index in [9.17, 15) is 14.4 Å². The smallest absolute Gasteiger partial charge is 0.375 e. The summed E-state index contributed by atoms with van der Waals surface area (Å²) in [5.41, 5.74) is 0. The molecule has 0 bridgehead atoms. The molecule has 0 aliphatic carbocycles. The summed E-state index contributed by atoms with van der Waals surface area (Å²) in [5, 5.41) is 4.42. The van der Waals surface area contributed by atoms with Crippen LogP contribution >= 0.6 is 15.9 Å². The molecule has 8 heteroatoms. The molecule has 3 amide bonds. The molecule has 0 aromatic carbocycles. The first-order chi connectivity index (χ1) is 8.93. The van der Waals surface area contributed by atoms with Crippen molar-refractivity contribution in [2.24, 2.45) is 0 Å². The summed E-state index contributed by atoms with van der Waals surface area (Å²) in [7, 11) is 0. The average molecular weight is 333 g/mol. The van der Waals surface area contributed by atoms with Gasteiger partial charge in [-0.2, -0.15) is 0 Å². The van der Waals surface area contributed by atoms with Gasteiger partial charge in [0.25, 0.3) is 5.91 Å². The van der Waals surface area contributed by atoms with Crippen molar-refractivity contribution in [2.75, 3.05) is 6.54 Å². The highest BCUT2D eigenvalue weighted by Gasteiger charge is 2.22. The second kappa shape index (κ2) is 6.93. The third-order valence-corrected chi connectivity index (χ3v) is 2.43. The third kappa shape index (κ3) is 4.74. The van der Waals surface area contributed by atoms with Crippen molar-refractivity contribution in [2.45, 2.75) is 20.0 Å². The highest BCUT2D eigenvalue weighted by atomic mass is 79.9. The maximum Gasteiger partial charge on any atom is 0.375 e. The van der Waals surface area contributed by atoms with Crippen LogP contribution in [0, 0.1) is 0 Å². The number of carbonyl (C=O) groups is 3. The number of ether oxygens (including phenoxy) is 1. The number of rotatable bonds is 4. The molecule has 0 aliphatic heterocycles. The number of hydrogen-bond donors (Lipinski definition) is 2. The van der Waals surface area contributed by atoms with E-state index in [1.807, 2.05) is 5.32 Å². The minimum Gasteiger partial charge on any atom is -0.447 e. The first-order valence-corrected chi connectivity index (χ1v) is 6.28. The molecule has 0 radical (unpaired) electrons. The fourth-order valence-corrected chi connectivity index (χ4v) is 1.42. The van der Waals surface area contributed by atoms with E-state index in [1.54, 1.807) is 6.92 Å². The molecule has 1 aromatic heterocycles. The Kier molecular flexibility index (Phi) is 5.56. The number of furan rings is 1. The zero-order valence-electron chi connectivity index (χ0n) is 10.4. The molecule has 0 aliphatic rings. The zero-order chi connectivity index (χ0) is 14.4. The van der Waals surface area contributed by atoms with Crippen LogP contribution in [0.3, 0.4) is 0 Å². The first-order valence-electron chi connectivity index (χ1n) is 5.49.